The van der Waals surface area contributed by atoms with Crippen LogP contribution in [0.15, 0.2) is 24.3 Å². The number of ether oxygens (including phenoxy) is 1. The molecule has 0 spiro atoms. The van der Waals surface area contributed by atoms with Crippen LogP contribution >= 0.6 is 11.8 Å². The molecule has 0 bridgehead atoms. The quantitative estimate of drug-likeness (QED) is 0.709. The first-order valence-electron chi connectivity index (χ1n) is 5.82. The first-order chi connectivity index (χ1) is 8.63. The second-order valence-electron chi connectivity index (χ2n) is 3.87. The molecule has 0 saturated heterocycles. The Morgan fingerprint density at radius 3 is 2.61 bits per heavy atom. The minimum atomic E-state index is -0.935. The summed E-state index contributed by atoms with van der Waals surface area (Å²) in [4.78, 5) is 10.6. The van der Waals surface area contributed by atoms with Gasteiger partial charge < -0.3 is 14.9 Å². The summed E-state index contributed by atoms with van der Waals surface area (Å²) in [5.41, 5.74) is 0.258. The van der Waals surface area contributed by atoms with Crippen LogP contribution in [0.4, 0.5) is 0 Å². The Balaban J connectivity index is 2.25. The molecule has 0 aliphatic carbocycles. The zero-order valence-electron chi connectivity index (χ0n) is 10.3. The van der Waals surface area contributed by atoms with Gasteiger partial charge in [0, 0.05) is 17.6 Å². The number of carbonyl (C=O) groups is 1. The first kappa shape index (κ1) is 14.9. The Hall–Kier alpha value is -1.20. The fourth-order valence-electron chi connectivity index (χ4n) is 1.37. The third kappa shape index (κ3) is 5.42. The van der Waals surface area contributed by atoms with Crippen molar-refractivity contribution in [3.05, 3.63) is 29.8 Å². The molecule has 4 nitrogen and oxygen atoms in total. The van der Waals surface area contributed by atoms with Crippen molar-refractivity contribution >= 4 is 17.7 Å². The molecule has 1 unspecified atom stereocenters. The van der Waals surface area contributed by atoms with Gasteiger partial charge >= 0.3 is 5.97 Å². The van der Waals surface area contributed by atoms with E-state index in [0.717, 1.165) is 12.2 Å². The number of benzene rings is 1. The summed E-state index contributed by atoms with van der Waals surface area (Å²) < 4.78 is 5.49. The van der Waals surface area contributed by atoms with Crippen molar-refractivity contribution in [1.82, 2.24) is 0 Å². The van der Waals surface area contributed by atoms with Crippen LogP contribution in [0, 0.1) is 0 Å². The van der Waals surface area contributed by atoms with Gasteiger partial charge in [0.1, 0.15) is 5.75 Å². The maximum Gasteiger partial charge on any atom is 0.335 e. The molecule has 0 saturated carbocycles. The van der Waals surface area contributed by atoms with Gasteiger partial charge in [-0.1, -0.05) is 6.92 Å². The fraction of sp³-hybridized carbons (Fsp3) is 0.462. The smallest absolute Gasteiger partial charge is 0.335 e. The van der Waals surface area contributed by atoms with E-state index >= 15 is 0 Å². The van der Waals surface area contributed by atoms with E-state index in [1.807, 2.05) is 0 Å². The lowest BCUT2D eigenvalue weighted by atomic mass is 10.2. The molecule has 1 aromatic carbocycles. The number of hydrogen-bond donors (Lipinski definition) is 2. The number of aromatic carboxylic acids is 1. The van der Waals surface area contributed by atoms with Crippen molar-refractivity contribution in [2.75, 3.05) is 19.0 Å². The van der Waals surface area contributed by atoms with Crippen LogP contribution in [0.1, 0.15) is 23.7 Å². The van der Waals surface area contributed by atoms with Crippen LogP contribution in [0.5, 0.6) is 5.75 Å². The largest absolute Gasteiger partial charge is 0.493 e. The van der Waals surface area contributed by atoms with Gasteiger partial charge in [0.15, 0.2) is 0 Å². The summed E-state index contributed by atoms with van der Waals surface area (Å²) in [5.74, 6) is 0.590. The molecule has 0 aliphatic rings. The molecule has 5 heteroatoms. The second-order valence-corrected chi connectivity index (χ2v) is 5.42. The van der Waals surface area contributed by atoms with Gasteiger partial charge in [0.05, 0.1) is 12.2 Å². The Morgan fingerprint density at radius 1 is 1.39 bits per heavy atom. The molecule has 0 heterocycles. The summed E-state index contributed by atoms with van der Waals surface area (Å²) in [7, 11) is 0. The maximum absolute atomic E-state index is 10.6. The molecule has 0 aliphatic heterocycles. The van der Waals surface area contributed by atoms with Crippen LogP contribution in [-0.2, 0) is 0 Å². The standard InChI is InChI=1S/C13H18O4S/c1-10(6-7-14)18-9-8-17-12-4-2-11(3-5-12)13(15)16/h2-5,10,14H,6-9H2,1H3,(H,15,16). The van der Waals surface area contributed by atoms with Crippen molar-refractivity contribution in [2.24, 2.45) is 0 Å². The van der Waals surface area contributed by atoms with Gasteiger partial charge in [-0.25, -0.2) is 4.79 Å². The SMILES string of the molecule is CC(CCO)SCCOc1ccc(C(=O)O)cc1. The monoisotopic (exact) mass is 270 g/mol. The van der Waals surface area contributed by atoms with Crippen molar-refractivity contribution < 1.29 is 19.7 Å². The number of carboxylic acids is 1. The lowest BCUT2D eigenvalue weighted by molar-refractivity contribution is 0.0697. The van der Waals surface area contributed by atoms with E-state index in [9.17, 15) is 4.79 Å². The van der Waals surface area contributed by atoms with Crippen molar-refractivity contribution in [3.8, 4) is 5.75 Å². The average molecular weight is 270 g/mol. The molecule has 0 radical (unpaired) electrons. The second kappa shape index (κ2) is 8.00. The highest BCUT2D eigenvalue weighted by Crippen LogP contribution is 2.15. The number of aliphatic hydroxyl groups is 1. The van der Waals surface area contributed by atoms with Crippen LogP contribution in [-0.4, -0.2) is 40.4 Å². The number of aliphatic hydroxyl groups excluding tert-OH is 1. The number of thioether (sulfide) groups is 1. The van der Waals surface area contributed by atoms with Crippen LogP contribution < -0.4 is 4.74 Å². The Morgan fingerprint density at radius 2 is 2.06 bits per heavy atom. The molecule has 1 aromatic rings. The lowest BCUT2D eigenvalue weighted by Gasteiger charge is -2.10. The highest BCUT2D eigenvalue weighted by atomic mass is 32.2. The van der Waals surface area contributed by atoms with E-state index in [-0.39, 0.29) is 12.2 Å². The maximum atomic E-state index is 10.6. The van der Waals surface area contributed by atoms with E-state index in [2.05, 4.69) is 6.92 Å². The summed E-state index contributed by atoms with van der Waals surface area (Å²) in [6.45, 7) is 2.86. The molecule has 1 atom stereocenters. The van der Waals surface area contributed by atoms with Crippen molar-refractivity contribution in [1.29, 1.82) is 0 Å². The van der Waals surface area contributed by atoms with E-state index in [0.29, 0.717) is 17.6 Å². The molecule has 1 rings (SSSR count). The highest BCUT2D eigenvalue weighted by Gasteiger charge is 2.03. The average Bonchev–Trinajstić information content (AvgIpc) is 2.35. The van der Waals surface area contributed by atoms with Gasteiger partial charge in [0.2, 0.25) is 0 Å². The van der Waals surface area contributed by atoms with Gasteiger partial charge in [0.25, 0.3) is 0 Å². The molecule has 0 aromatic heterocycles. The molecule has 0 fully saturated rings. The molecule has 0 amide bonds. The van der Waals surface area contributed by atoms with Gasteiger partial charge in [-0.2, -0.15) is 11.8 Å². The summed E-state index contributed by atoms with van der Waals surface area (Å²) in [6, 6.07) is 6.37. The van der Waals surface area contributed by atoms with E-state index in [4.69, 9.17) is 14.9 Å². The Kier molecular flexibility index (Phi) is 6.60. The summed E-state index contributed by atoms with van der Waals surface area (Å²) >= 11 is 1.75. The summed E-state index contributed by atoms with van der Waals surface area (Å²) in [5, 5.41) is 17.9. The Labute approximate surface area is 111 Å². The Bertz CT molecular complexity index is 364. The molecular weight excluding hydrogens is 252 g/mol. The molecule has 100 valence electrons. The van der Waals surface area contributed by atoms with Gasteiger partial charge in [-0.3, -0.25) is 0 Å². The van der Waals surface area contributed by atoms with E-state index < -0.39 is 5.97 Å². The normalized spacial score (nSPS) is 12.1. The van der Waals surface area contributed by atoms with Crippen molar-refractivity contribution in [2.45, 2.75) is 18.6 Å². The first-order valence-corrected chi connectivity index (χ1v) is 6.87. The number of hydrogen-bond acceptors (Lipinski definition) is 4. The topological polar surface area (TPSA) is 66.8 Å². The fourth-order valence-corrected chi connectivity index (χ4v) is 2.22. The van der Waals surface area contributed by atoms with Gasteiger partial charge in [-0.15, -0.1) is 0 Å². The number of carboxylic acid groups (broad SMARTS) is 1. The van der Waals surface area contributed by atoms with Crippen LogP contribution in [0.2, 0.25) is 0 Å². The highest BCUT2D eigenvalue weighted by molar-refractivity contribution is 7.99. The third-order valence-electron chi connectivity index (χ3n) is 2.39. The van der Waals surface area contributed by atoms with Gasteiger partial charge in [-0.05, 0) is 30.7 Å². The lowest BCUT2D eigenvalue weighted by Crippen LogP contribution is -2.06. The zero-order chi connectivity index (χ0) is 13.4. The molecule has 2 N–H and O–H groups in total. The predicted molar refractivity (Wildman–Crippen MR) is 72.5 cm³/mol. The summed E-state index contributed by atoms with van der Waals surface area (Å²) in [6.07, 6.45) is 0.790. The minimum absolute atomic E-state index is 0.214. The predicted octanol–water partition coefficient (Wildman–Crippen LogP) is 2.27. The molecular formula is C13H18O4S. The van der Waals surface area contributed by atoms with E-state index in [1.54, 1.807) is 23.9 Å². The third-order valence-corrected chi connectivity index (χ3v) is 3.60. The molecule has 18 heavy (non-hydrogen) atoms. The minimum Gasteiger partial charge on any atom is -0.493 e. The zero-order valence-corrected chi connectivity index (χ0v) is 11.2. The van der Waals surface area contributed by atoms with E-state index in [1.165, 1.54) is 12.1 Å². The van der Waals surface area contributed by atoms with Crippen LogP contribution in [0.3, 0.4) is 0 Å². The van der Waals surface area contributed by atoms with Crippen molar-refractivity contribution in [3.63, 3.8) is 0 Å². The number of rotatable bonds is 8. The van der Waals surface area contributed by atoms with Crippen LogP contribution in [0.25, 0.3) is 0 Å².